The van der Waals surface area contributed by atoms with Crippen molar-refractivity contribution in [3.05, 3.63) is 12.2 Å². The molecule has 0 aromatic heterocycles. The Morgan fingerprint density at radius 1 is 0.826 bits per heavy atom. The summed E-state index contributed by atoms with van der Waals surface area (Å²) in [5, 5.41) is 0. The number of ether oxygens (including phenoxy) is 1. The van der Waals surface area contributed by atoms with Gasteiger partial charge in [-0.1, -0.05) is 45.3 Å². The van der Waals surface area contributed by atoms with Gasteiger partial charge >= 0.3 is 0 Å². The molecule has 0 N–H and O–H groups in total. The average Bonchev–Trinajstić information content (AvgIpc) is 2.60. The minimum atomic E-state index is 0.583. The molecule has 134 valence electrons. The zero-order valence-electron chi connectivity index (χ0n) is 15.8. The van der Waals surface area contributed by atoms with Crippen LogP contribution in [0.4, 0.5) is 0 Å². The van der Waals surface area contributed by atoms with Crippen molar-refractivity contribution < 1.29 is 4.74 Å². The molecule has 1 heteroatoms. The summed E-state index contributed by atoms with van der Waals surface area (Å²) in [4.78, 5) is 0. The van der Waals surface area contributed by atoms with Crippen molar-refractivity contribution >= 4 is 0 Å². The molecule has 0 saturated heterocycles. The average molecular weight is 321 g/mol. The van der Waals surface area contributed by atoms with E-state index in [1.807, 2.05) is 0 Å². The van der Waals surface area contributed by atoms with Gasteiger partial charge in [0, 0.05) is 6.61 Å². The van der Waals surface area contributed by atoms with Crippen molar-refractivity contribution in [3.63, 3.8) is 0 Å². The lowest BCUT2D eigenvalue weighted by Gasteiger charge is -2.37. The Kier molecular flexibility index (Phi) is 9.34. The molecule has 0 aliphatic heterocycles. The standard InChI is InChI=1S/C22H40O/c1-3-5-7-8-9-19-10-12-20(13-11-19)21-14-16-22(17-15-21)23-18-6-4-2/h5,7,19-22H,3-4,6,8-18H2,1-2H3/b7-5+/t19-,20-,21-,22-. The molecule has 0 atom stereocenters. The number of hydrogen-bond donors (Lipinski definition) is 0. The molecule has 2 fully saturated rings. The molecule has 0 unspecified atom stereocenters. The molecular formula is C22H40O. The predicted octanol–water partition coefficient (Wildman–Crippen LogP) is 6.91. The molecule has 0 radical (unpaired) electrons. The van der Waals surface area contributed by atoms with Gasteiger partial charge in [0.15, 0.2) is 0 Å². The van der Waals surface area contributed by atoms with Crippen LogP contribution >= 0.6 is 0 Å². The quantitative estimate of drug-likeness (QED) is 0.331. The van der Waals surface area contributed by atoms with Crippen molar-refractivity contribution in [2.24, 2.45) is 17.8 Å². The Morgan fingerprint density at radius 3 is 2.09 bits per heavy atom. The van der Waals surface area contributed by atoms with Gasteiger partial charge in [0.1, 0.15) is 0 Å². The maximum atomic E-state index is 6.03. The van der Waals surface area contributed by atoms with Gasteiger partial charge in [-0.3, -0.25) is 0 Å². The lowest BCUT2D eigenvalue weighted by atomic mass is 9.70. The first-order chi connectivity index (χ1) is 11.3. The second kappa shape index (κ2) is 11.3. The predicted molar refractivity (Wildman–Crippen MR) is 101 cm³/mol. The zero-order valence-corrected chi connectivity index (χ0v) is 15.8. The van der Waals surface area contributed by atoms with Gasteiger partial charge in [0.05, 0.1) is 6.10 Å². The van der Waals surface area contributed by atoms with Crippen LogP contribution in [0.25, 0.3) is 0 Å². The molecule has 0 aromatic carbocycles. The summed E-state index contributed by atoms with van der Waals surface area (Å²) in [7, 11) is 0. The molecule has 2 aliphatic carbocycles. The molecule has 2 saturated carbocycles. The first-order valence-corrected chi connectivity index (χ1v) is 10.6. The monoisotopic (exact) mass is 320 g/mol. The molecule has 0 heterocycles. The Labute approximate surface area is 145 Å². The normalized spacial score (nSPS) is 32.4. The molecular weight excluding hydrogens is 280 g/mol. The number of rotatable bonds is 9. The highest BCUT2D eigenvalue weighted by Gasteiger charge is 2.30. The molecule has 2 rings (SSSR count). The second-order valence-corrected chi connectivity index (χ2v) is 8.00. The Morgan fingerprint density at radius 2 is 1.48 bits per heavy atom. The lowest BCUT2D eigenvalue weighted by Crippen LogP contribution is -2.28. The summed E-state index contributed by atoms with van der Waals surface area (Å²) >= 11 is 0. The summed E-state index contributed by atoms with van der Waals surface area (Å²) in [6, 6.07) is 0. The highest BCUT2D eigenvalue weighted by Crippen LogP contribution is 2.41. The maximum absolute atomic E-state index is 6.03. The van der Waals surface area contributed by atoms with Gasteiger partial charge in [-0.25, -0.2) is 0 Å². The van der Waals surface area contributed by atoms with Crippen LogP contribution in [-0.4, -0.2) is 12.7 Å². The second-order valence-electron chi connectivity index (χ2n) is 8.00. The summed E-state index contributed by atoms with van der Waals surface area (Å²) in [5.74, 6) is 3.07. The van der Waals surface area contributed by atoms with E-state index in [-0.39, 0.29) is 0 Å². The van der Waals surface area contributed by atoms with E-state index in [0.717, 1.165) is 24.4 Å². The lowest BCUT2D eigenvalue weighted by molar-refractivity contribution is 0.00581. The molecule has 23 heavy (non-hydrogen) atoms. The Hall–Kier alpha value is -0.300. The van der Waals surface area contributed by atoms with Crippen LogP contribution in [0.15, 0.2) is 12.2 Å². The molecule has 0 amide bonds. The van der Waals surface area contributed by atoms with Gasteiger partial charge < -0.3 is 4.74 Å². The maximum Gasteiger partial charge on any atom is 0.0575 e. The summed E-state index contributed by atoms with van der Waals surface area (Å²) in [6.45, 7) is 5.46. The minimum absolute atomic E-state index is 0.583. The van der Waals surface area contributed by atoms with Gasteiger partial charge in [0.25, 0.3) is 0 Å². The van der Waals surface area contributed by atoms with Crippen LogP contribution in [-0.2, 0) is 4.74 Å². The third-order valence-corrected chi connectivity index (χ3v) is 6.27. The van der Waals surface area contributed by atoms with E-state index in [0.29, 0.717) is 6.10 Å². The number of hydrogen-bond acceptors (Lipinski definition) is 1. The summed E-state index contributed by atoms with van der Waals surface area (Å²) < 4.78 is 6.03. The smallest absolute Gasteiger partial charge is 0.0575 e. The van der Waals surface area contributed by atoms with E-state index in [1.165, 1.54) is 83.5 Å². The van der Waals surface area contributed by atoms with Crippen LogP contribution < -0.4 is 0 Å². The van der Waals surface area contributed by atoms with Crippen molar-refractivity contribution in [2.75, 3.05) is 6.61 Å². The van der Waals surface area contributed by atoms with Gasteiger partial charge in [-0.05, 0) is 82.0 Å². The van der Waals surface area contributed by atoms with Crippen LogP contribution in [0, 0.1) is 17.8 Å². The molecule has 1 nitrogen and oxygen atoms in total. The molecule has 0 bridgehead atoms. The Balaban J connectivity index is 1.58. The van der Waals surface area contributed by atoms with Crippen LogP contribution in [0.5, 0.6) is 0 Å². The van der Waals surface area contributed by atoms with Crippen LogP contribution in [0.1, 0.15) is 97.3 Å². The molecule has 0 spiro atoms. The van der Waals surface area contributed by atoms with E-state index in [9.17, 15) is 0 Å². The van der Waals surface area contributed by atoms with Gasteiger partial charge in [-0.15, -0.1) is 0 Å². The largest absolute Gasteiger partial charge is 0.378 e. The van der Waals surface area contributed by atoms with Crippen molar-refractivity contribution in [1.29, 1.82) is 0 Å². The van der Waals surface area contributed by atoms with Gasteiger partial charge in [0.2, 0.25) is 0 Å². The molecule has 2 aliphatic rings. The van der Waals surface area contributed by atoms with Crippen LogP contribution in [0.3, 0.4) is 0 Å². The van der Waals surface area contributed by atoms with Crippen LogP contribution in [0.2, 0.25) is 0 Å². The Bertz CT molecular complexity index is 306. The van der Waals surface area contributed by atoms with E-state index < -0.39 is 0 Å². The fourth-order valence-electron chi connectivity index (χ4n) is 4.69. The zero-order chi connectivity index (χ0) is 16.3. The van der Waals surface area contributed by atoms with E-state index in [4.69, 9.17) is 4.74 Å². The fraction of sp³-hybridized carbons (Fsp3) is 0.909. The highest BCUT2D eigenvalue weighted by atomic mass is 16.5. The van der Waals surface area contributed by atoms with E-state index in [1.54, 1.807) is 0 Å². The highest BCUT2D eigenvalue weighted by molar-refractivity contribution is 4.85. The first kappa shape index (κ1) is 19.0. The van der Waals surface area contributed by atoms with E-state index >= 15 is 0 Å². The van der Waals surface area contributed by atoms with Crippen molar-refractivity contribution in [3.8, 4) is 0 Å². The third kappa shape index (κ3) is 6.99. The summed E-state index contributed by atoms with van der Waals surface area (Å²) in [5.41, 5.74) is 0. The topological polar surface area (TPSA) is 9.23 Å². The van der Waals surface area contributed by atoms with Crippen molar-refractivity contribution in [2.45, 2.75) is 103 Å². The minimum Gasteiger partial charge on any atom is -0.378 e. The van der Waals surface area contributed by atoms with Gasteiger partial charge in [-0.2, -0.15) is 0 Å². The number of allylic oxidation sites excluding steroid dienone is 2. The first-order valence-electron chi connectivity index (χ1n) is 10.6. The third-order valence-electron chi connectivity index (χ3n) is 6.27. The van der Waals surface area contributed by atoms with E-state index in [2.05, 4.69) is 26.0 Å². The molecule has 0 aromatic rings. The number of unbranched alkanes of at least 4 members (excludes halogenated alkanes) is 1. The summed E-state index contributed by atoms with van der Waals surface area (Å²) in [6.07, 6.45) is 23.3. The van der Waals surface area contributed by atoms with Crippen molar-refractivity contribution in [1.82, 2.24) is 0 Å². The fourth-order valence-corrected chi connectivity index (χ4v) is 4.69. The SMILES string of the molecule is CC/C=C/CC[C@H]1CC[C@H]([C@H]2CC[C@H](OCCCC)CC2)CC1.